The van der Waals surface area contributed by atoms with Crippen molar-refractivity contribution in [3.05, 3.63) is 29.8 Å². The molecule has 0 spiro atoms. The Kier molecular flexibility index (Phi) is 8.21. The maximum absolute atomic E-state index is 9.86. The van der Waals surface area contributed by atoms with Crippen LogP contribution in [0.2, 0.25) is 0 Å². The molecule has 19 heavy (non-hydrogen) atoms. The predicted molar refractivity (Wildman–Crippen MR) is 76.3 cm³/mol. The van der Waals surface area contributed by atoms with Gasteiger partial charge in [0.15, 0.2) is 0 Å². The van der Waals surface area contributed by atoms with Crippen molar-refractivity contribution < 1.29 is 14.6 Å². The van der Waals surface area contributed by atoms with E-state index in [0.29, 0.717) is 19.6 Å². The van der Waals surface area contributed by atoms with Gasteiger partial charge in [-0.3, -0.25) is 0 Å². The summed E-state index contributed by atoms with van der Waals surface area (Å²) in [6.45, 7) is 4.69. The van der Waals surface area contributed by atoms with Crippen LogP contribution in [0.25, 0.3) is 0 Å². The number of nitrogens with two attached hydrogens (primary N) is 1. The second-order valence-electron chi connectivity index (χ2n) is 4.42. The first-order chi connectivity index (χ1) is 9.27. The van der Waals surface area contributed by atoms with Crippen molar-refractivity contribution in [2.75, 3.05) is 26.4 Å². The standard InChI is InChI=1S/C15H25NO3/c1-2-18-10-3-4-11-19-14-7-5-6-13(12-14)15(17)8-9-16/h5-7,12,15,17H,2-4,8-11,16H2,1H3. The van der Waals surface area contributed by atoms with Crippen LogP contribution in [0, 0.1) is 0 Å². The summed E-state index contributed by atoms with van der Waals surface area (Å²) >= 11 is 0. The lowest BCUT2D eigenvalue weighted by Crippen LogP contribution is -2.07. The monoisotopic (exact) mass is 267 g/mol. The molecule has 1 aromatic rings. The molecular weight excluding hydrogens is 242 g/mol. The Balaban J connectivity index is 2.31. The lowest BCUT2D eigenvalue weighted by molar-refractivity contribution is 0.138. The molecule has 0 radical (unpaired) electrons. The third-order valence-electron chi connectivity index (χ3n) is 2.84. The lowest BCUT2D eigenvalue weighted by Gasteiger charge is -2.12. The fourth-order valence-electron chi connectivity index (χ4n) is 1.78. The van der Waals surface area contributed by atoms with Gasteiger partial charge in [0, 0.05) is 13.2 Å². The SMILES string of the molecule is CCOCCCCOc1cccc(C(O)CCN)c1. The van der Waals surface area contributed by atoms with Crippen molar-refractivity contribution >= 4 is 0 Å². The van der Waals surface area contributed by atoms with Gasteiger partial charge in [-0.15, -0.1) is 0 Å². The minimum absolute atomic E-state index is 0.476. The van der Waals surface area contributed by atoms with E-state index >= 15 is 0 Å². The second-order valence-corrected chi connectivity index (χ2v) is 4.42. The molecular formula is C15H25NO3. The summed E-state index contributed by atoms with van der Waals surface area (Å²) in [5.74, 6) is 0.796. The van der Waals surface area contributed by atoms with Gasteiger partial charge in [-0.05, 0) is 50.4 Å². The van der Waals surface area contributed by atoms with E-state index in [4.69, 9.17) is 15.2 Å². The van der Waals surface area contributed by atoms with E-state index < -0.39 is 6.10 Å². The first kappa shape index (κ1) is 16.0. The Bertz CT molecular complexity index is 344. The van der Waals surface area contributed by atoms with E-state index in [1.807, 2.05) is 31.2 Å². The Labute approximate surface area is 115 Å². The van der Waals surface area contributed by atoms with Crippen LogP contribution in [0.15, 0.2) is 24.3 Å². The highest BCUT2D eigenvalue weighted by molar-refractivity contribution is 5.29. The average Bonchev–Trinajstić information content (AvgIpc) is 2.43. The van der Waals surface area contributed by atoms with Gasteiger partial charge in [0.25, 0.3) is 0 Å². The quantitative estimate of drug-likeness (QED) is 0.638. The van der Waals surface area contributed by atoms with E-state index in [2.05, 4.69) is 0 Å². The first-order valence-corrected chi connectivity index (χ1v) is 6.96. The molecule has 0 saturated carbocycles. The number of benzene rings is 1. The fraction of sp³-hybridized carbons (Fsp3) is 0.600. The minimum atomic E-state index is -0.508. The highest BCUT2D eigenvalue weighted by atomic mass is 16.5. The normalized spacial score (nSPS) is 12.4. The Hall–Kier alpha value is -1.10. The molecule has 4 nitrogen and oxygen atoms in total. The highest BCUT2D eigenvalue weighted by Gasteiger charge is 2.07. The van der Waals surface area contributed by atoms with Crippen LogP contribution in [0.4, 0.5) is 0 Å². The molecule has 1 unspecified atom stereocenters. The molecule has 0 heterocycles. The first-order valence-electron chi connectivity index (χ1n) is 6.96. The van der Waals surface area contributed by atoms with Gasteiger partial charge in [0.1, 0.15) is 5.75 Å². The van der Waals surface area contributed by atoms with Gasteiger partial charge in [-0.2, -0.15) is 0 Å². The van der Waals surface area contributed by atoms with E-state index in [1.165, 1.54) is 0 Å². The summed E-state index contributed by atoms with van der Waals surface area (Å²) in [5, 5.41) is 9.86. The third-order valence-corrected chi connectivity index (χ3v) is 2.84. The summed E-state index contributed by atoms with van der Waals surface area (Å²) in [6.07, 6.45) is 2.03. The van der Waals surface area contributed by atoms with E-state index in [-0.39, 0.29) is 0 Å². The Morgan fingerprint density at radius 1 is 1.26 bits per heavy atom. The molecule has 4 heteroatoms. The minimum Gasteiger partial charge on any atom is -0.494 e. The van der Waals surface area contributed by atoms with Gasteiger partial charge in [-0.25, -0.2) is 0 Å². The molecule has 0 aliphatic rings. The molecule has 0 amide bonds. The average molecular weight is 267 g/mol. The smallest absolute Gasteiger partial charge is 0.119 e. The largest absolute Gasteiger partial charge is 0.494 e. The van der Waals surface area contributed by atoms with E-state index in [9.17, 15) is 5.11 Å². The van der Waals surface area contributed by atoms with Gasteiger partial charge >= 0.3 is 0 Å². The van der Waals surface area contributed by atoms with Crippen LogP contribution < -0.4 is 10.5 Å². The van der Waals surface area contributed by atoms with Crippen LogP contribution in [0.1, 0.15) is 37.9 Å². The summed E-state index contributed by atoms with van der Waals surface area (Å²) in [5.41, 5.74) is 6.30. The fourth-order valence-corrected chi connectivity index (χ4v) is 1.78. The Morgan fingerprint density at radius 3 is 2.79 bits per heavy atom. The maximum Gasteiger partial charge on any atom is 0.119 e. The highest BCUT2D eigenvalue weighted by Crippen LogP contribution is 2.21. The summed E-state index contributed by atoms with van der Waals surface area (Å²) < 4.78 is 10.9. The van der Waals surface area contributed by atoms with E-state index in [1.54, 1.807) is 0 Å². The van der Waals surface area contributed by atoms with Crippen molar-refractivity contribution in [2.45, 2.75) is 32.3 Å². The summed E-state index contributed by atoms with van der Waals surface area (Å²) in [6, 6.07) is 7.57. The molecule has 0 aromatic heterocycles. The van der Waals surface area contributed by atoms with Crippen LogP contribution in [0.3, 0.4) is 0 Å². The summed E-state index contributed by atoms with van der Waals surface area (Å²) in [7, 11) is 0. The van der Waals surface area contributed by atoms with Gasteiger partial charge in [0.05, 0.1) is 12.7 Å². The van der Waals surface area contributed by atoms with Crippen molar-refractivity contribution in [3.63, 3.8) is 0 Å². The number of aliphatic hydroxyl groups excluding tert-OH is 1. The second kappa shape index (κ2) is 9.78. The number of hydrogen-bond acceptors (Lipinski definition) is 4. The molecule has 3 N–H and O–H groups in total. The van der Waals surface area contributed by atoms with Crippen molar-refractivity contribution in [2.24, 2.45) is 5.73 Å². The molecule has 1 rings (SSSR count). The molecule has 0 bridgehead atoms. The lowest BCUT2D eigenvalue weighted by atomic mass is 10.1. The maximum atomic E-state index is 9.86. The van der Waals surface area contributed by atoms with Crippen molar-refractivity contribution in [3.8, 4) is 5.75 Å². The van der Waals surface area contributed by atoms with Crippen molar-refractivity contribution in [1.82, 2.24) is 0 Å². The number of unbranched alkanes of at least 4 members (excludes halogenated alkanes) is 1. The number of aliphatic hydroxyl groups is 1. The molecule has 0 fully saturated rings. The third kappa shape index (κ3) is 6.57. The molecule has 1 atom stereocenters. The Morgan fingerprint density at radius 2 is 2.05 bits per heavy atom. The van der Waals surface area contributed by atoms with Crippen LogP contribution in [-0.2, 0) is 4.74 Å². The van der Waals surface area contributed by atoms with Gasteiger partial charge in [-0.1, -0.05) is 12.1 Å². The molecule has 0 saturated heterocycles. The molecule has 0 aliphatic heterocycles. The van der Waals surface area contributed by atoms with Crippen molar-refractivity contribution in [1.29, 1.82) is 0 Å². The number of ether oxygens (including phenoxy) is 2. The topological polar surface area (TPSA) is 64.7 Å². The zero-order valence-corrected chi connectivity index (χ0v) is 11.7. The number of rotatable bonds is 10. The van der Waals surface area contributed by atoms with Crippen LogP contribution in [-0.4, -0.2) is 31.5 Å². The van der Waals surface area contributed by atoms with Crippen LogP contribution >= 0.6 is 0 Å². The predicted octanol–water partition coefficient (Wildman–Crippen LogP) is 2.26. The van der Waals surface area contributed by atoms with Crippen LogP contribution in [0.5, 0.6) is 5.75 Å². The zero-order valence-electron chi connectivity index (χ0n) is 11.7. The van der Waals surface area contributed by atoms with Gasteiger partial charge in [0.2, 0.25) is 0 Å². The molecule has 1 aromatic carbocycles. The zero-order chi connectivity index (χ0) is 13.9. The van der Waals surface area contributed by atoms with E-state index in [0.717, 1.165) is 37.4 Å². The molecule has 108 valence electrons. The summed E-state index contributed by atoms with van der Waals surface area (Å²) in [4.78, 5) is 0. The number of hydrogen-bond donors (Lipinski definition) is 2. The molecule has 0 aliphatic carbocycles. The van der Waals surface area contributed by atoms with Gasteiger partial charge < -0.3 is 20.3 Å².